The van der Waals surface area contributed by atoms with E-state index in [1.54, 1.807) is 4.90 Å². The zero-order valence-corrected chi connectivity index (χ0v) is 12.0. The number of ether oxygens (including phenoxy) is 1. The lowest BCUT2D eigenvalue weighted by Gasteiger charge is -2.36. The van der Waals surface area contributed by atoms with Gasteiger partial charge in [0.15, 0.2) is 0 Å². The van der Waals surface area contributed by atoms with E-state index in [-0.39, 0.29) is 34.3 Å². The Balaban J connectivity index is 2.32. The van der Waals surface area contributed by atoms with Gasteiger partial charge in [0, 0.05) is 18.7 Å². The molecule has 0 aromatic heterocycles. The molecule has 2 rings (SSSR count). The van der Waals surface area contributed by atoms with Crippen molar-refractivity contribution in [2.24, 2.45) is 0 Å². The Bertz CT molecular complexity index is 549. The molecule has 108 valence electrons. The third-order valence-electron chi connectivity index (χ3n) is 3.26. The van der Waals surface area contributed by atoms with Crippen molar-refractivity contribution in [2.45, 2.75) is 26.0 Å². The number of morpholine rings is 1. The van der Waals surface area contributed by atoms with Crippen LogP contribution in [0.5, 0.6) is 0 Å². The van der Waals surface area contributed by atoms with E-state index in [1.165, 1.54) is 18.2 Å². The second-order valence-corrected chi connectivity index (χ2v) is 5.28. The standard InChI is InChI=1S/C13H15ClN2O4/c1-8-7-20-9(2)6-15(8)13(17)11-5-10(16(18)19)3-4-12(11)14/h3-5,8-9H,6-7H2,1-2H3/t8-,9+/m0/s1. The molecule has 0 unspecified atom stereocenters. The first-order valence-corrected chi connectivity index (χ1v) is 6.64. The molecule has 1 saturated heterocycles. The van der Waals surface area contributed by atoms with Crippen LogP contribution in [0.1, 0.15) is 24.2 Å². The summed E-state index contributed by atoms with van der Waals surface area (Å²) >= 11 is 6.00. The van der Waals surface area contributed by atoms with Gasteiger partial charge in [-0.1, -0.05) is 11.6 Å². The summed E-state index contributed by atoms with van der Waals surface area (Å²) < 4.78 is 5.46. The summed E-state index contributed by atoms with van der Waals surface area (Å²) in [7, 11) is 0. The van der Waals surface area contributed by atoms with Gasteiger partial charge in [-0.2, -0.15) is 0 Å². The van der Waals surface area contributed by atoms with E-state index >= 15 is 0 Å². The van der Waals surface area contributed by atoms with Gasteiger partial charge in [-0.05, 0) is 19.9 Å². The first-order valence-electron chi connectivity index (χ1n) is 6.26. The van der Waals surface area contributed by atoms with Crippen LogP contribution in [0.25, 0.3) is 0 Å². The molecule has 0 bridgehead atoms. The van der Waals surface area contributed by atoms with Crippen molar-refractivity contribution in [1.29, 1.82) is 0 Å². The number of hydrogen-bond donors (Lipinski definition) is 0. The van der Waals surface area contributed by atoms with E-state index in [4.69, 9.17) is 16.3 Å². The van der Waals surface area contributed by atoms with Gasteiger partial charge < -0.3 is 9.64 Å². The third kappa shape index (κ3) is 2.91. The molecule has 1 aliphatic rings. The van der Waals surface area contributed by atoms with Crippen molar-refractivity contribution in [3.05, 3.63) is 38.9 Å². The highest BCUT2D eigenvalue weighted by Gasteiger charge is 2.30. The molecule has 1 aromatic rings. The number of carbonyl (C=O) groups is 1. The maximum absolute atomic E-state index is 12.5. The minimum Gasteiger partial charge on any atom is -0.375 e. The lowest BCUT2D eigenvalue weighted by Crippen LogP contribution is -2.50. The number of nitro groups is 1. The maximum Gasteiger partial charge on any atom is 0.270 e. The van der Waals surface area contributed by atoms with E-state index in [2.05, 4.69) is 0 Å². The molecule has 7 heteroatoms. The number of halogens is 1. The molecule has 6 nitrogen and oxygen atoms in total. The molecule has 1 heterocycles. The van der Waals surface area contributed by atoms with E-state index in [0.717, 1.165) is 0 Å². The molecular weight excluding hydrogens is 284 g/mol. The number of nitro benzene ring substituents is 1. The fraction of sp³-hybridized carbons (Fsp3) is 0.462. The third-order valence-corrected chi connectivity index (χ3v) is 3.59. The van der Waals surface area contributed by atoms with Crippen LogP contribution in [0.15, 0.2) is 18.2 Å². The Labute approximate surface area is 121 Å². The van der Waals surface area contributed by atoms with Crippen molar-refractivity contribution in [3.63, 3.8) is 0 Å². The zero-order chi connectivity index (χ0) is 14.9. The van der Waals surface area contributed by atoms with Crippen LogP contribution in [-0.2, 0) is 4.74 Å². The minimum atomic E-state index is -0.543. The molecule has 0 N–H and O–H groups in total. The molecule has 1 aliphatic heterocycles. The Morgan fingerprint density at radius 3 is 2.85 bits per heavy atom. The molecule has 20 heavy (non-hydrogen) atoms. The molecule has 0 saturated carbocycles. The smallest absolute Gasteiger partial charge is 0.270 e. The van der Waals surface area contributed by atoms with Crippen molar-refractivity contribution < 1.29 is 14.5 Å². The number of benzene rings is 1. The average molecular weight is 299 g/mol. The SMILES string of the molecule is C[C@@H]1CN(C(=O)c2cc([N+](=O)[O-])ccc2Cl)[C@@H](C)CO1. The van der Waals surface area contributed by atoms with Crippen LogP contribution in [-0.4, -0.2) is 41.0 Å². The van der Waals surface area contributed by atoms with Gasteiger partial charge in [0.25, 0.3) is 11.6 Å². The maximum atomic E-state index is 12.5. The second-order valence-electron chi connectivity index (χ2n) is 4.87. The van der Waals surface area contributed by atoms with Crippen LogP contribution in [0.4, 0.5) is 5.69 Å². The number of nitrogens with zero attached hydrogens (tertiary/aromatic N) is 2. The Morgan fingerprint density at radius 1 is 1.50 bits per heavy atom. The van der Waals surface area contributed by atoms with E-state index < -0.39 is 4.92 Å². The first kappa shape index (κ1) is 14.7. The summed E-state index contributed by atoms with van der Waals surface area (Å²) in [5, 5.41) is 11.0. The predicted octanol–water partition coefficient (Wildman–Crippen LogP) is 2.50. The van der Waals surface area contributed by atoms with E-state index in [1.807, 2.05) is 13.8 Å². The van der Waals surface area contributed by atoms with E-state index in [9.17, 15) is 14.9 Å². The van der Waals surface area contributed by atoms with Gasteiger partial charge in [0.2, 0.25) is 0 Å². The van der Waals surface area contributed by atoms with Gasteiger partial charge in [-0.3, -0.25) is 14.9 Å². The topological polar surface area (TPSA) is 72.7 Å². The molecular formula is C13H15ClN2O4. The van der Waals surface area contributed by atoms with Gasteiger partial charge in [-0.15, -0.1) is 0 Å². The number of rotatable bonds is 2. The average Bonchev–Trinajstić information content (AvgIpc) is 2.41. The number of non-ortho nitro benzene ring substituents is 1. The van der Waals surface area contributed by atoms with Crippen molar-refractivity contribution in [1.82, 2.24) is 4.90 Å². The summed E-state index contributed by atoms with van der Waals surface area (Å²) in [4.78, 5) is 24.4. The molecule has 1 aromatic carbocycles. The molecule has 0 aliphatic carbocycles. The van der Waals surface area contributed by atoms with Gasteiger partial charge in [-0.25, -0.2) is 0 Å². The van der Waals surface area contributed by atoms with Crippen molar-refractivity contribution in [2.75, 3.05) is 13.2 Å². The van der Waals surface area contributed by atoms with Crippen LogP contribution < -0.4 is 0 Å². The summed E-state index contributed by atoms with van der Waals surface area (Å²) in [6.45, 7) is 4.63. The zero-order valence-electron chi connectivity index (χ0n) is 11.2. The van der Waals surface area contributed by atoms with Gasteiger partial charge >= 0.3 is 0 Å². The lowest BCUT2D eigenvalue weighted by molar-refractivity contribution is -0.384. The summed E-state index contributed by atoms with van der Waals surface area (Å²) in [5.41, 5.74) is 0.00790. The fourth-order valence-corrected chi connectivity index (χ4v) is 2.33. The molecule has 1 amide bonds. The molecule has 2 atom stereocenters. The van der Waals surface area contributed by atoms with Crippen LogP contribution in [0.2, 0.25) is 5.02 Å². The van der Waals surface area contributed by atoms with E-state index in [0.29, 0.717) is 13.2 Å². The fourth-order valence-electron chi connectivity index (χ4n) is 2.13. The second kappa shape index (κ2) is 5.76. The number of carbonyl (C=O) groups excluding carboxylic acids is 1. The highest BCUT2D eigenvalue weighted by Crippen LogP contribution is 2.25. The van der Waals surface area contributed by atoms with Crippen LogP contribution in [0.3, 0.4) is 0 Å². The Kier molecular flexibility index (Phi) is 4.25. The molecule has 0 radical (unpaired) electrons. The van der Waals surface area contributed by atoms with Gasteiger partial charge in [0.1, 0.15) is 0 Å². The summed E-state index contributed by atoms with van der Waals surface area (Å²) in [6.07, 6.45) is -0.0624. The molecule has 1 fully saturated rings. The molecule has 0 spiro atoms. The minimum absolute atomic E-state index is 0.0624. The Hall–Kier alpha value is -1.66. The Morgan fingerprint density at radius 2 is 2.20 bits per heavy atom. The lowest BCUT2D eigenvalue weighted by atomic mass is 10.1. The number of amides is 1. The highest BCUT2D eigenvalue weighted by molar-refractivity contribution is 6.33. The van der Waals surface area contributed by atoms with Gasteiger partial charge in [0.05, 0.1) is 34.3 Å². The monoisotopic (exact) mass is 298 g/mol. The summed E-state index contributed by atoms with van der Waals surface area (Å²) in [5.74, 6) is -0.304. The quantitative estimate of drug-likeness (QED) is 0.621. The van der Waals surface area contributed by atoms with Crippen molar-refractivity contribution in [3.8, 4) is 0 Å². The first-order chi connectivity index (χ1) is 9.40. The van der Waals surface area contributed by atoms with Crippen LogP contribution >= 0.6 is 11.6 Å². The predicted molar refractivity (Wildman–Crippen MR) is 74.0 cm³/mol. The normalized spacial score (nSPS) is 22.6. The van der Waals surface area contributed by atoms with Crippen molar-refractivity contribution >= 4 is 23.2 Å². The number of hydrogen-bond acceptors (Lipinski definition) is 4. The highest BCUT2D eigenvalue weighted by atomic mass is 35.5. The summed E-state index contributed by atoms with van der Waals surface area (Å²) in [6, 6.07) is 3.79. The largest absolute Gasteiger partial charge is 0.375 e. The van der Waals surface area contributed by atoms with Crippen LogP contribution in [0, 0.1) is 10.1 Å².